The summed E-state index contributed by atoms with van der Waals surface area (Å²) in [7, 11) is 0. The molecule has 0 aliphatic carbocycles. The second kappa shape index (κ2) is 10.2. The van der Waals surface area contributed by atoms with Crippen LogP contribution in [0.3, 0.4) is 0 Å². The molecule has 0 atom stereocenters. The standard InChI is InChI=1S/C19H27N3O2S/c1-3-4-5-8-13-22-18(24)16-10-6-7-11-17(16)21-19(22)25-14-9-12-20-15(2)23/h6-7,10-11H,3-5,8-9,12-14H2,1-2H3,(H,20,23). The van der Waals surface area contributed by atoms with Gasteiger partial charge < -0.3 is 5.32 Å². The van der Waals surface area contributed by atoms with Gasteiger partial charge in [-0.15, -0.1) is 0 Å². The molecule has 0 aliphatic rings. The van der Waals surface area contributed by atoms with Crippen LogP contribution in [-0.2, 0) is 11.3 Å². The van der Waals surface area contributed by atoms with Crippen molar-refractivity contribution < 1.29 is 4.79 Å². The second-order valence-corrected chi connectivity index (χ2v) is 7.18. The van der Waals surface area contributed by atoms with Gasteiger partial charge in [-0.25, -0.2) is 4.98 Å². The Balaban J connectivity index is 2.13. The summed E-state index contributed by atoms with van der Waals surface area (Å²) in [6.07, 6.45) is 5.34. The number of unbranched alkanes of at least 4 members (excludes halogenated alkanes) is 3. The van der Waals surface area contributed by atoms with E-state index in [0.717, 1.165) is 35.7 Å². The maximum atomic E-state index is 12.8. The quantitative estimate of drug-likeness (QED) is 0.399. The maximum absolute atomic E-state index is 12.8. The van der Waals surface area contributed by atoms with Crippen LogP contribution in [0.1, 0.15) is 46.0 Å². The SMILES string of the molecule is CCCCCCn1c(SCCCNC(C)=O)nc2ccccc2c1=O. The van der Waals surface area contributed by atoms with Gasteiger partial charge in [0.1, 0.15) is 0 Å². The Labute approximate surface area is 153 Å². The van der Waals surface area contributed by atoms with Gasteiger partial charge in [-0.1, -0.05) is 50.1 Å². The fourth-order valence-corrected chi connectivity index (χ4v) is 3.62. The Kier molecular flexibility index (Phi) is 7.98. The summed E-state index contributed by atoms with van der Waals surface area (Å²) in [6, 6.07) is 7.52. The Morgan fingerprint density at radius 2 is 2.00 bits per heavy atom. The maximum Gasteiger partial charge on any atom is 0.262 e. The lowest BCUT2D eigenvalue weighted by atomic mass is 10.2. The van der Waals surface area contributed by atoms with Crippen molar-refractivity contribution in [1.82, 2.24) is 14.9 Å². The van der Waals surface area contributed by atoms with Crippen LogP contribution < -0.4 is 10.9 Å². The van der Waals surface area contributed by atoms with E-state index in [1.54, 1.807) is 11.8 Å². The number of hydrogen-bond donors (Lipinski definition) is 1. The molecule has 1 amide bonds. The molecule has 0 unspecified atom stereocenters. The number of carbonyl (C=O) groups excluding carboxylic acids is 1. The molecule has 0 aliphatic heterocycles. The molecule has 136 valence electrons. The molecule has 0 fully saturated rings. The van der Waals surface area contributed by atoms with Crippen molar-refractivity contribution in [3.05, 3.63) is 34.6 Å². The fraction of sp³-hybridized carbons (Fsp3) is 0.526. The van der Waals surface area contributed by atoms with E-state index in [1.165, 1.54) is 19.8 Å². The summed E-state index contributed by atoms with van der Waals surface area (Å²) in [5.74, 6) is 0.807. The predicted octanol–water partition coefficient (Wildman–Crippen LogP) is 3.60. The summed E-state index contributed by atoms with van der Waals surface area (Å²) in [5.41, 5.74) is 0.799. The number of rotatable bonds is 10. The van der Waals surface area contributed by atoms with Crippen molar-refractivity contribution >= 4 is 28.6 Å². The molecule has 0 bridgehead atoms. The van der Waals surface area contributed by atoms with E-state index in [2.05, 4.69) is 12.2 Å². The van der Waals surface area contributed by atoms with Crippen LogP contribution in [0, 0.1) is 0 Å². The molecule has 0 saturated carbocycles. The second-order valence-electron chi connectivity index (χ2n) is 6.11. The van der Waals surface area contributed by atoms with Crippen molar-refractivity contribution in [2.24, 2.45) is 0 Å². The van der Waals surface area contributed by atoms with E-state index >= 15 is 0 Å². The number of carbonyl (C=O) groups is 1. The molecule has 1 N–H and O–H groups in total. The highest BCUT2D eigenvalue weighted by Crippen LogP contribution is 2.19. The molecule has 0 radical (unpaired) electrons. The van der Waals surface area contributed by atoms with Gasteiger partial charge in [0.25, 0.3) is 5.56 Å². The van der Waals surface area contributed by atoms with Crippen molar-refractivity contribution in [2.75, 3.05) is 12.3 Å². The third-order valence-corrected chi connectivity index (χ3v) is 5.05. The van der Waals surface area contributed by atoms with Crippen molar-refractivity contribution in [3.8, 4) is 0 Å². The normalized spacial score (nSPS) is 11.0. The van der Waals surface area contributed by atoms with Crippen molar-refractivity contribution in [3.63, 3.8) is 0 Å². The molecule has 5 nitrogen and oxygen atoms in total. The first-order valence-electron chi connectivity index (χ1n) is 9.00. The zero-order valence-electron chi connectivity index (χ0n) is 15.1. The summed E-state index contributed by atoms with van der Waals surface area (Å²) < 4.78 is 1.82. The lowest BCUT2D eigenvalue weighted by Gasteiger charge is -2.13. The lowest BCUT2D eigenvalue weighted by Crippen LogP contribution is -2.24. The summed E-state index contributed by atoms with van der Waals surface area (Å²) in [5, 5.41) is 4.26. The molecule has 0 spiro atoms. The van der Waals surface area contributed by atoms with Gasteiger partial charge in [-0.05, 0) is 25.0 Å². The van der Waals surface area contributed by atoms with Crippen LogP contribution in [0.4, 0.5) is 0 Å². The Morgan fingerprint density at radius 3 is 2.76 bits per heavy atom. The fourth-order valence-electron chi connectivity index (χ4n) is 2.65. The van der Waals surface area contributed by atoms with E-state index < -0.39 is 0 Å². The van der Waals surface area contributed by atoms with Gasteiger partial charge in [0.05, 0.1) is 10.9 Å². The van der Waals surface area contributed by atoms with Crippen LogP contribution in [0.2, 0.25) is 0 Å². The smallest absolute Gasteiger partial charge is 0.262 e. The molecule has 1 aromatic heterocycles. The largest absolute Gasteiger partial charge is 0.356 e. The van der Waals surface area contributed by atoms with Gasteiger partial charge >= 0.3 is 0 Å². The van der Waals surface area contributed by atoms with Crippen LogP contribution in [0.15, 0.2) is 34.2 Å². The van der Waals surface area contributed by atoms with E-state index in [-0.39, 0.29) is 11.5 Å². The molecular weight excluding hydrogens is 334 g/mol. The average Bonchev–Trinajstić information content (AvgIpc) is 2.60. The number of para-hydroxylation sites is 1. The molecule has 1 heterocycles. The van der Waals surface area contributed by atoms with E-state index in [9.17, 15) is 9.59 Å². The summed E-state index contributed by atoms with van der Waals surface area (Å²) >= 11 is 1.59. The van der Waals surface area contributed by atoms with Gasteiger partial charge in [0.15, 0.2) is 5.16 Å². The van der Waals surface area contributed by atoms with Gasteiger partial charge in [0.2, 0.25) is 5.91 Å². The number of aromatic nitrogens is 2. The van der Waals surface area contributed by atoms with Crippen LogP contribution in [0.25, 0.3) is 10.9 Å². The van der Waals surface area contributed by atoms with E-state index in [1.807, 2.05) is 28.8 Å². The van der Waals surface area contributed by atoms with Crippen molar-refractivity contribution in [1.29, 1.82) is 0 Å². The van der Waals surface area contributed by atoms with Crippen LogP contribution >= 0.6 is 11.8 Å². The van der Waals surface area contributed by atoms with E-state index in [0.29, 0.717) is 18.5 Å². The number of thioether (sulfide) groups is 1. The molecule has 2 aromatic rings. The van der Waals surface area contributed by atoms with Crippen LogP contribution in [-0.4, -0.2) is 27.8 Å². The first kappa shape index (κ1) is 19.5. The number of amides is 1. The highest BCUT2D eigenvalue weighted by atomic mass is 32.2. The molecule has 6 heteroatoms. The Morgan fingerprint density at radius 1 is 1.20 bits per heavy atom. The molecule has 25 heavy (non-hydrogen) atoms. The molecular formula is C19H27N3O2S. The molecule has 1 aromatic carbocycles. The van der Waals surface area contributed by atoms with Gasteiger partial charge in [0, 0.05) is 25.8 Å². The van der Waals surface area contributed by atoms with Gasteiger partial charge in [-0.3, -0.25) is 14.2 Å². The first-order chi connectivity index (χ1) is 12.1. The summed E-state index contributed by atoms with van der Waals surface area (Å²) in [4.78, 5) is 28.5. The Hall–Kier alpha value is -1.82. The first-order valence-corrected chi connectivity index (χ1v) is 9.99. The molecule has 0 saturated heterocycles. The summed E-state index contributed by atoms with van der Waals surface area (Å²) in [6.45, 7) is 5.06. The number of benzene rings is 1. The predicted molar refractivity (Wildman–Crippen MR) is 104 cm³/mol. The minimum absolute atomic E-state index is 0.0123. The molecule has 2 rings (SSSR count). The van der Waals surface area contributed by atoms with Gasteiger partial charge in [-0.2, -0.15) is 0 Å². The third kappa shape index (κ3) is 5.88. The number of nitrogens with zero attached hydrogens (tertiary/aromatic N) is 2. The highest BCUT2D eigenvalue weighted by Gasteiger charge is 2.11. The third-order valence-electron chi connectivity index (χ3n) is 3.99. The number of fused-ring (bicyclic) bond motifs is 1. The number of hydrogen-bond acceptors (Lipinski definition) is 4. The zero-order chi connectivity index (χ0) is 18.1. The minimum atomic E-state index is -0.0123. The van der Waals surface area contributed by atoms with Crippen LogP contribution in [0.5, 0.6) is 0 Å². The monoisotopic (exact) mass is 361 g/mol. The van der Waals surface area contributed by atoms with Crippen molar-refractivity contribution in [2.45, 2.75) is 57.7 Å². The topological polar surface area (TPSA) is 64.0 Å². The highest BCUT2D eigenvalue weighted by molar-refractivity contribution is 7.99. The number of nitrogens with one attached hydrogen (secondary N) is 1. The zero-order valence-corrected chi connectivity index (χ0v) is 15.9. The Bertz CT molecular complexity index is 758. The van der Waals surface area contributed by atoms with E-state index in [4.69, 9.17) is 4.98 Å². The average molecular weight is 362 g/mol. The minimum Gasteiger partial charge on any atom is -0.356 e. The lowest BCUT2D eigenvalue weighted by molar-refractivity contribution is -0.118.